The molecule has 0 saturated carbocycles. The van der Waals surface area contributed by atoms with Gasteiger partial charge in [-0.2, -0.15) is 18.4 Å². The molecule has 0 aliphatic carbocycles. The summed E-state index contributed by atoms with van der Waals surface area (Å²) in [6, 6.07) is 6.43. The summed E-state index contributed by atoms with van der Waals surface area (Å²) in [5, 5.41) is 2.37. The molecule has 0 fully saturated rings. The van der Waals surface area contributed by atoms with Crippen LogP contribution in [0.1, 0.15) is 10.4 Å². The highest BCUT2D eigenvalue weighted by Gasteiger charge is 2.28. The van der Waals surface area contributed by atoms with E-state index >= 15 is 8.78 Å². The molecule has 2 aromatic carbocycles. The van der Waals surface area contributed by atoms with Gasteiger partial charge in [0.25, 0.3) is 11.5 Å². The van der Waals surface area contributed by atoms with E-state index in [4.69, 9.17) is 9.47 Å². The van der Waals surface area contributed by atoms with Crippen LogP contribution in [0.15, 0.2) is 53.6 Å². The minimum atomic E-state index is -3.06. The van der Waals surface area contributed by atoms with Crippen molar-refractivity contribution in [3.8, 4) is 34.5 Å². The van der Waals surface area contributed by atoms with Crippen molar-refractivity contribution in [2.75, 3.05) is 19.5 Å². The first kappa shape index (κ1) is 26.2. The van der Waals surface area contributed by atoms with Gasteiger partial charge in [-0.3, -0.25) is 19.3 Å². The molecule has 0 aliphatic heterocycles. The predicted octanol–water partition coefficient (Wildman–Crippen LogP) is 3.78. The molecule has 198 valence electrons. The number of carbonyl (C=O) groups is 1. The maximum Gasteiger partial charge on any atom is 0.387 e. The van der Waals surface area contributed by atoms with Crippen LogP contribution in [0.25, 0.3) is 17.1 Å². The number of anilines is 1. The van der Waals surface area contributed by atoms with Gasteiger partial charge >= 0.3 is 6.61 Å². The molecule has 10 nitrogen and oxygen atoms in total. The molecule has 1 N–H and O–H groups in total. The number of aromatic nitrogens is 4. The lowest BCUT2D eigenvalue weighted by molar-refractivity contribution is -0.0498. The van der Waals surface area contributed by atoms with Crippen LogP contribution < -0.4 is 25.1 Å². The van der Waals surface area contributed by atoms with Crippen LogP contribution in [0.5, 0.6) is 17.4 Å². The summed E-state index contributed by atoms with van der Waals surface area (Å²) in [5.74, 6) is -3.33. The quantitative estimate of drug-likeness (QED) is 0.344. The van der Waals surface area contributed by atoms with Gasteiger partial charge in [0.05, 0.1) is 32.2 Å². The number of ether oxygens (including phenoxy) is 3. The largest absolute Gasteiger partial charge is 0.497 e. The monoisotopic (exact) mass is 533 g/mol. The van der Waals surface area contributed by atoms with Crippen molar-refractivity contribution < 1.29 is 36.6 Å². The molecule has 0 saturated heterocycles. The van der Waals surface area contributed by atoms with E-state index < -0.39 is 41.0 Å². The maximum absolute atomic E-state index is 15.1. The average molecular weight is 533 g/mol. The van der Waals surface area contributed by atoms with Crippen LogP contribution in [0.2, 0.25) is 0 Å². The standard InChI is InChI=1S/C24H19F4N5O5/c1-32-21(19-15(25)8-14(36-2)9-16(19)26)20(23(35)33(32)17-10-29-11-18(30-17)37-3)31-22(34)12-4-6-13(7-5-12)38-24(27)28/h4-11,24H,1-3H3,(H,31,34). The Kier molecular flexibility index (Phi) is 7.32. The van der Waals surface area contributed by atoms with Crippen LogP contribution in [-0.2, 0) is 7.05 Å². The van der Waals surface area contributed by atoms with Crippen LogP contribution in [0.4, 0.5) is 23.2 Å². The zero-order valence-corrected chi connectivity index (χ0v) is 20.0. The Hall–Kier alpha value is -4.88. The number of nitrogens with one attached hydrogen (secondary N) is 1. The molecular formula is C24H19F4N5O5. The molecular weight excluding hydrogens is 514 g/mol. The first-order valence-corrected chi connectivity index (χ1v) is 10.7. The molecule has 0 spiro atoms. The molecule has 4 aromatic rings. The van der Waals surface area contributed by atoms with E-state index in [1.807, 2.05) is 0 Å². The number of amides is 1. The summed E-state index contributed by atoms with van der Waals surface area (Å²) in [7, 11) is 3.89. The Morgan fingerprint density at radius 2 is 1.66 bits per heavy atom. The van der Waals surface area contributed by atoms with Crippen molar-refractivity contribution in [1.82, 2.24) is 19.3 Å². The van der Waals surface area contributed by atoms with E-state index in [0.717, 1.165) is 33.6 Å². The molecule has 4 rings (SSSR count). The second-order valence-electron chi connectivity index (χ2n) is 7.61. The van der Waals surface area contributed by atoms with Crippen molar-refractivity contribution >= 4 is 11.6 Å². The van der Waals surface area contributed by atoms with Gasteiger partial charge in [-0.15, -0.1) is 0 Å². The number of benzene rings is 2. The van der Waals surface area contributed by atoms with Gasteiger partial charge in [0.15, 0.2) is 5.82 Å². The van der Waals surface area contributed by atoms with E-state index in [0.29, 0.717) is 0 Å². The first-order chi connectivity index (χ1) is 18.1. The molecule has 0 aliphatic rings. The van der Waals surface area contributed by atoms with Gasteiger partial charge in [0, 0.05) is 24.7 Å². The van der Waals surface area contributed by atoms with Crippen LogP contribution in [-0.4, -0.2) is 46.1 Å². The summed E-state index contributed by atoms with van der Waals surface area (Å²) < 4.78 is 71.3. The summed E-state index contributed by atoms with van der Waals surface area (Å²) >= 11 is 0. The number of hydrogen-bond acceptors (Lipinski definition) is 7. The lowest BCUT2D eigenvalue weighted by Crippen LogP contribution is -2.24. The number of nitrogens with zero attached hydrogens (tertiary/aromatic N) is 4. The first-order valence-electron chi connectivity index (χ1n) is 10.7. The third-order valence-corrected chi connectivity index (χ3v) is 5.36. The Bertz CT molecular complexity index is 1530. The third kappa shape index (κ3) is 5.00. The highest BCUT2D eigenvalue weighted by Crippen LogP contribution is 2.34. The van der Waals surface area contributed by atoms with Gasteiger partial charge in [-0.1, -0.05) is 0 Å². The fraction of sp³-hybridized carbons (Fsp3) is 0.167. The van der Waals surface area contributed by atoms with Gasteiger partial charge in [0.2, 0.25) is 5.88 Å². The Morgan fingerprint density at radius 1 is 1.00 bits per heavy atom. The number of alkyl halides is 2. The Labute approximate surface area is 212 Å². The summed E-state index contributed by atoms with van der Waals surface area (Å²) in [6.07, 6.45) is 2.49. The summed E-state index contributed by atoms with van der Waals surface area (Å²) in [4.78, 5) is 34.6. The Balaban J connectivity index is 1.87. The average Bonchev–Trinajstić information content (AvgIpc) is 3.12. The molecule has 0 bridgehead atoms. The highest BCUT2D eigenvalue weighted by molar-refractivity contribution is 6.06. The zero-order valence-electron chi connectivity index (χ0n) is 20.0. The van der Waals surface area contributed by atoms with Crippen LogP contribution in [0, 0.1) is 11.6 Å². The van der Waals surface area contributed by atoms with Gasteiger partial charge < -0.3 is 19.5 Å². The summed E-state index contributed by atoms with van der Waals surface area (Å²) in [6.45, 7) is -3.06. The molecule has 0 atom stereocenters. The predicted molar refractivity (Wildman–Crippen MR) is 126 cm³/mol. The van der Waals surface area contributed by atoms with Crippen molar-refractivity contribution in [2.24, 2.45) is 7.05 Å². The molecule has 0 radical (unpaired) electrons. The normalized spacial score (nSPS) is 10.9. The lowest BCUT2D eigenvalue weighted by Gasteiger charge is -2.13. The molecule has 1 amide bonds. The van der Waals surface area contributed by atoms with Crippen molar-refractivity contribution in [1.29, 1.82) is 0 Å². The smallest absolute Gasteiger partial charge is 0.387 e. The number of carbonyl (C=O) groups excluding carboxylic acids is 1. The lowest BCUT2D eigenvalue weighted by atomic mass is 10.1. The molecule has 2 heterocycles. The number of methoxy groups -OCH3 is 2. The van der Waals surface area contributed by atoms with E-state index in [-0.39, 0.29) is 34.5 Å². The maximum atomic E-state index is 15.1. The topological polar surface area (TPSA) is 110 Å². The number of halogens is 4. The van der Waals surface area contributed by atoms with E-state index in [1.165, 1.54) is 45.8 Å². The fourth-order valence-corrected chi connectivity index (χ4v) is 3.67. The van der Waals surface area contributed by atoms with Gasteiger partial charge in [0.1, 0.15) is 34.5 Å². The highest BCUT2D eigenvalue weighted by atomic mass is 19.3. The number of rotatable bonds is 8. The third-order valence-electron chi connectivity index (χ3n) is 5.36. The van der Waals surface area contributed by atoms with Crippen LogP contribution in [0.3, 0.4) is 0 Å². The second kappa shape index (κ2) is 10.6. The van der Waals surface area contributed by atoms with E-state index in [1.54, 1.807) is 0 Å². The SMILES string of the molecule is COc1cc(F)c(-c2c(NC(=O)c3ccc(OC(F)F)cc3)c(=O)n(-c3cncc(OC)n3)n2C)c(F)c1. The fourth-order valence-electron chi connectivity index (χ4n) is 3.67. The van der Waals surface area contributed by atoms with Gasteiger partial charge in [-0.25, -0.2) is 8.78 Å². The molecule has 2 aromatic heterocycles. The van der Waals surface area contributed by atoms with Crippen molar-refractivity contribution in [3.63, 3.8) is 0 Å². The van der Waals surface area contributed by atoms with E-state index in [9.17, 15) is 18.4 Å². The number of hydrogen-bond donors (Lipinski definition) is 1. The minimum absolute atomic E-state index is 0.0515. The molecule has 0 unspecified atom stereocenters. The van der Waals surface area contributed by atoms with Crippen molar-refractivity contribution in [3.05, 3.63) is 76.3 Å². The summed E-state index contributed by atoms with van der Waals surface area (Å²) in [5.41, 5.74) is -2.40. The zero-order chi connectivity index (χ0) is 27.6. The minimum Gasteiger partial charge on any atom is -0.497 e. The second-order valence-corrected chi connectivity index (χ2v) is 7.61. The van der Waals surface area contributed by atoms with Crippen LogP contribution >= 0.6 is 0 Å². The van der Waals surface area contributed by atoms with Crippen molar-refractivity contribution in [2.45, 2.75) is 6.61 Å². The van der Waals surface area contributed by atoms with Gasteiger partial charge in [-0.05, 0) is 24.3 Å². The Morgan fingerprint density at radius 3 is 2.24 bits per heavy atom. The molecule has 38 heavy (non-hydrogen) atoms. The van der Waals surface area contributed by atoms with E-state index in [2.05, 4.69) is 20.0 Å². The molecule has 14 heteroatoms.